The molecule has 5 rings (SSSR count). The smallest absolute Gasteiger partial charge is 0.307 e. The van der Waals surface area contributed by atoms with Crippen LogP contribution in [0.4, 0.5) is 5.69 Å². The lowest BCUT2D eigenvalue weighted by Crippen LogP contribution is -2.39. The number of para-hydroxylation sites is 2. The van der Waals surface area contributed by atoms with Gasteiger partial charge in [-0.25, -0.2) is 4.99 Å². The molecule has 0 saturated heterocycles. The van der Waals surface area contributed by atoms with Gasteiger partial charge in [0.15, 0.2) is 11.1 Å². The molecule has 1 aliphatic rings. The van der Waals surface area contributed by atoms with Crippen molar-refractivity contribution in [1.29, 1.82) is 0 Å². The molecule has 0 fully saturated rings. The van der Waals surface area contributed by atoms with Crippen LogP contribution in [-0.2, 0) is 4.79 Å². The highest BCUT2D eigenvalue weighted by atomic mass is 35.5. The molecular formula is C26H16Cl2N4O4S. The number of anilines is 1. The minimum absolute atomic E-state index is 0.0997. The molecular weight excluding hydrogens is 535 g/mol. The molecule has 11 heteroatoms. The first-order chi connectivity index (χ1) is 17.9. The van der Waals surface area contributed by atoms with Gasteiger partial charge in [-0.15, -0.1) is 0 Å². The number of hydrogen-bond acceptors (Lipinski definition) is 7. The average molecular weight is 551 g/mol. The van der Waals surface area contributed by atoms with Gasteiger partial charge in [0.1, 0.15) is 5.70 Å². The van der Waals surface area contributed by atoms with E-state index in [2.05, 4.69) is 10.3 Å². The molecule has 0 spiro atoms. The van der Waals surface area contributed by atoms with Crippen LogP contribution in [0, 0.1) is 0 Å². The second kappa shape index (κ2) is 10.6. The summed E-state index contributed by atoms with van der Waals surface area (Å²) in [4.78, 5) is 32.4. The SMILES string of the molecule is O=C(CSC1=N/C(=C\c2c(Cl)cccc2Cl)C(=O)N1c1ccccc1)c1c([O-])on[n+]1-c1ccccc1. The van der Waals surface area contributed by atoms with Gasteiger partial charge in [-0.1, -0.05) is 77.4 Å². The van der Waals surface area contributed by atoms with Gasteiger partial charge in [0.05, 0.1) is 16.7 Å². The van der Waals surface area contributed by atoms with Gasteiger partial charge < -0.3 is 9.63 Å². The Morgan fingerprint density at radius 2 is 1.65 bits per heavy atom. The van der Waals surface area contributed by atoms with Crippen LogP contribution in [0.25, 0.3) is 11.8 Å². The standard InChI is InChI=1S/C26H16Cl2N4O4S/c27-19-12-7-13-20(28)18(19)14-21-24(34)31(16-8-3-1-4-9-16)26(29-21)37-15-22(33)23-25(35)36-30-32(23)17-10-5-2-6-11-17/h1-14H,15H2/b21-14-. The summed E-state index contributed by atoms with van der Waals surface area (Å²) in [6.07, 6.45) is 1.51. The van der Waals surface area contributed by atoms with E-state index in [1.165, 1.54) is 11.0 Å². The molecule has 184 valence electrons. The first kappa shape index (κ1) is 24.8. The predicted octanol–water partition coefficient (Wildman–Crippen LogP) is 4.69. The Hall–Kier alpha value is -3.92. The largest absolute Gasteiger partial charge is 0.539 e. The quantitative estimate of drug-likeness (QED) is 0.196. The zero-order valence-corrected chi connectivity index (χ0v) is 21.2. The Morgan fingerprint density at radius 3 is 2.32 bits per heavy atom. The highest BCUT2D eigenvalue weighted by molar-refractivity contribution is 8.14. The van der Waals surface area contributed by atoms with Gasteiger partial charge in [-0.3, -0.25) is 14.5 Å². The van der Waals surface area contributed by atoms with Gasteiger partial charge in [0.25, 0.3) is 5.91 Å². The Balaban J connectivity index is 1.47. The summed E-state index contributed by atoms with van der Waals surface area (Å²) in [7, 11) is 0. The number of halogens is 2. The fourth-order valence-corrected chi connectivity index (χ4v) is 4.99. The number of aliphatic imine (C=N–C) groups is 1. The molecule has 1 aliphatic heterocycles. The number of nitrogens with zero attached hydrogens (tertiary/aromatic N) is 4. The molecule has 8 nitrogen and oxygen atoms in total. The van der Waals surface area contributed by atoms with Crippen LogP contribution < -0.4 is 14.7 Å². The lowest BCUT2D eigenvalue weighted by atomic mass is 10.2. The van der Waals surface area contributed by atoms with Gasteiger partial charge in [0, 0.05) is 27.7 Å². The molecule has 0 bridgehead atoms. The van der Waals surface area contributed by atoms with E-state index in [4.69, 9.17) is 27.7 Å². The summed E-state index contributed by atoms with van der Waals surface area (Å²) in [5, 5.41) is 17.0. The number of carbonyl (C=O) groups excluding carboxylic acids is 2. The van der Waals surface area contributed by atoms with Crippen molar-refractivity contribution in [2.24, 2.45) is 4.99 Å². The maximum absolute atomic E-state index is 13.4. The number of aromatic nitrogens is 2. The summed E-state index contributed by atoms with van der Waals surface area (Å²) < 4.78 is 5.91. The molecule has 0 aliphatic carbocycles. The molecule has 0 N–H and O–H groups in total. The van der Waals surface area contributed by atoms with Crippen LogP contribution in [0.15, 0.2) is 94.1 Å². The molecule has 3 aromatic carbocycles. The summed E-state index contributed by atoms with van der Waals surface area (Å²) in [6.45, 7) is 0. The lowest BCUT2D eigenvalue weighted by Gasteiger charge is -2.17. The first-order valence-electron chi connectivity index (χ1n) is 10.9. The average Bonchev–Trinajstić information content (AvgIpc) is 3.45. The zero-order valence-electron chi connectivity index (χ0n) is 18.9. The molecule has 2 heterocycles. The van der Waals surface area contributed by atoms with Gasteiger partial charge in [-0.05, 0) is 35.0 Å². The van der Waals surface area contributed by atoms with E-state index >= 15 is 0 Å². The van der Waals surface area contributed by atoms with E-state index in [0.29, 0.717) is 27.0 Å². The summed E-state index contributed by atoms with van der Waals surface area (Å²) >= 11 is 13.6. The number of carbonyl (C=O) groups is 2. The third-order valence-corrected chi connectivity index (χ3v) is 6.93. The predicted molar refractivity (Wildman–Crippen MR) is 140 cm³/mol. The van der Waals surface area contributed by atoms with E-state index in [-0.39, 0.29) is 22.3 Å². The van der Waals surface area contributed by atoms with Crippen LogP contribution >= 0.6 is 35.0 Å². The highest BCUT2D eigenvalue weighted by Crippen LogP contribution is 2.33. The number of thioether (sulfide) groups is 1. The summed E-state index contributed by atoms with van der Waals surface area (Å²) in [5.41, 5.74) is 1.39. The zero-order chi connectivity index (χ0) is 25.9. The topological polar surface area (TPSA) is 103 Å². The minimum Gasteiger partial charge on any atom is -0.539 e. The normalized spacial score (nSPS) is 14.3. The van der Waals surface area contributed by atoms with Crippen molar-refractivity contribution in [2.45, 2.75) is 0 Å². The Kier molecular flexibility index (Phi) is 7.09. The van der Waals surface area contributed by atoms with E-state index in [1.807, 2.05) is 6.07 Å². The number of benzene rings is 3. The summed E-state index contributed by atoms with van der Waals surface area (Å²) in [5.74, 6) is -1.99. The van der Waals surface area contributed by atoms with Crippen molar-refractivity contribution in [3.8, 4) is 11.6 Å². The monoisotopic (exact) mass is 550 g/mol. The summed E-state index contributed by atoms with van der Waals surface area (Å²) in [6, 6.07) is 22.6. The minimum atomic E-state index is -0.854. The fraction of sp³-hybridized carbons (Fsp3) is 0.0385. The molecule has 0 unspecified atom stereocenters. The maximum atomic E-state index is 13.4. The van der Waals surface area contributed by atoms with Gasteiger partial charge in [-0.2, -0.15) is 0 Å². The maximum Gasteiger partial charge on any atom is 0.307 e. The van der Waals surface area contributed by atoms with Gasteiger partial charge >= 0.3 is 5.69 Å². The molecule has 1 aromatic heterocycles. The number of Topliss-reactive ketones (excluding diaryl/α,β-unsaturated/α-hetero) is 1. The molecule has 4 aromatic rings. The Morgan fingerprint density at radius 1 is 1.00 bits per heavy atom. The van der Waals surface area contributed by atoms with Crippen molar-refractivity contribution in [2.75, 3.05) is 10.7 Å². The van der Waals surface area contributed by atoms with E-state index < -0.39 is 17.6 Å². The number of hydrogen-bond donors (Lipinski definition) is 0. The molecule has 0 saturated carbocycles. The Labute approximate surface area is 225 Å². The van der Waals surface area contributed by atoms with Crippen LogP contribution in [0.5, 0.6) is 5.95 Å². The van der Waals surface area contributed by atoms with E-state index in [9.17, 15) is 14.7 Å². The van der Waals surface area contributed by atoms with Gasteiger partial charge in [0.2, 0.25) is 11.5 Å². The van der Waals surface area contributed by atoms with E-state index in [0.717, 1.165) is 16.4 Å². The van der Waals surface area contributed by atoms with Crippen molar-refractivity contribution in [3.63, 3.8) is 0 Å². The number of ketones is 1. The fourth-order valence-electron chi connectivity index (χ4n) is 3.61. The van der Waals surface area contributed by atoms with Crippen molar-refractivity contribution >= 4 is 63.6 Å². The van der Waals surface area contributed by atoms with E-state index in [1.54, 1.807) is 72.8 Å². The highest BCUT2D eigenvalue weighted by Gasteiger charge is 2.34. The third kappa shape index (κ3) is 5.01. The third-order valence-electron chi connectivity index (χ3n) is 5.33. The van der Waals surface area contributed by atoms with Crippen molar-refractivity contribution < 1.29 is 23.9 Å². The van der Waals surface area contributed by atoms with Crippen molar-refractivity contribution in [1.82, 2.24) is 5.27 Å². The molecule has 1 amide bonds. The molecule has 37 heavy (non-hydrogen) atoms. The van der Waals surface area contributed by atoms with Crippen LogP contribution in [-0.4, -0.2) is 27.9 Å². The second-order valence-electron chi connectivity index (χ2n) is 7.70. The van der Waals surface area contributed by atoms with Crippen molar-refractivity contribution in [3.05, 3.63) is 106 Å². The number of rotatable bonds is 6. The second-order valence-corrected chi connectivity index (χ2v) is 9.46. The number of amides is 1. The van der Waals surface area contributed by atoms with Crippen LogP contribution in [0.2, 0.25) is 10.0 Å². The molecule has 0 atom stereocenters. The first-order valence-corrected chi connectivity index (χ1v) is 12.6. The lowest BCUT2D eigenvalue weighted by molar-refractivity contribution is -0.672. The molecule has 0 radical (unpaired) electrons. The number of amidine groups is 1. The Bertz CT molecular complexity index is 1540. The van der Waals surface area contributed by atoms with Crippen LogP contribution in [0.3, 0.4) is 0 Å². The van der Waals surface area contributed by atoms with Crippen LogP contribution in [0.1, 0.15) is 16.1 Å².